The fourth-order valence-corrected chi connectivity index (χ4v) is 3.58. The van der Waals surface area contributed by atoms with Gasteiger partial charge in [-0.3, -0.25) is 0 Å². The third-order valence-corrected chi connectivity index (χ3v) is 5.26. The number of nitrogens with zero attached hydrogens (tertiary/aromatic N) is 1. The van der Waals surface area contributed by atoms with Crippen molar-refractivity contribution < 1.29 is 13.2 Å². The third-order valence-electron chi connectivity index (χ3n) is 3.79. The molecule has 1 fully saturated rings. The van der Waals surface area contributed by atoms with E-state index < -0.39 is 10.0 Å². The molecule has 1 N–H and O–H groups in total. The van der Waals surface area contributed by atoms with Gasteiger partial charge in [0.05, 0.1) is 4.90 Å². The van der Waals surface area contributed by atoms with Gasteiger partial charge in [0.1, 0.15) is 6.29 Å². The number of carbonyl (C=O) groups excluding carboxylic acids is 1. The zero-order chi connectivity index (χ0) is 15.3. The molecule has 5 nitrogen and oxygen atoms in total. The van der Waals surface area contributed by atoms with Gasteiger partial charge in [0.25, 0.3) is 0 Å². The van der Waals surface area contributed by atoms with Crippen LogP contribution in [0.3, 0.4) is 0 Å². The van der Waals surface area contributed by atoms with E-state index in [2.05, 4.69) is 9.62 Å². The number of sulfonamides is 1. The van der Waals surface area contributed by atoms with Crippen LogP contribution in [0.2, 0.25) is 0 Å². The zero-order valence-corrected chi connectivity index (χ0v) is 13.1. The lowest BCUT2D eigenvalue weighted by molar-refractivity contribution is -0.111. The number of anilines is 1. The van der Waals surface area contributed by atoms with Crippen molar-refractivity contribution in [3.05, 3.63) is 24.3 Å². The van der Waals surface area contributed by atoms with Gasteiger partial charge >= 0.3 is 0 Å². The molecule has 0 aliphatic carbocycles. The van der Waals surface area contributed by atoms with E-state index >= 15 is 0 Å². The molecule has 116 valence electrons. The molecule has 0 saturated carbocycles. The van der Waals surface area contributed by atoms with Gasteiger partial charge in [0, 0.05) is 31.2 Å². The number of rotatable bonds is 6. The molecule has 1 aliphatic rings. The molecular weight excluding hydrogens is 288 g/mol. The Morgan fingerprint density at radius 1 is 1.24 bits per heavy atom. The minimum atomic E-state index is -3.40. The van der Waals surface area contributed by atoms with Crippen molar-refractivity contribution in [3.8, 4) is 0 Å². The SMILES string of the molecule is CCCNS(=O)(=O)c1ccc(N2CCC(C=O)CC2)cc1. The summed E-state index contributed by atoms with van der Waals surface area (Å²) in [7, 11) is -3.40. The normalized spacial score (nSPS) is 16.9. The van der Waals surface area contributed by atoms with E-state index in [1.807, 2.05) is 19.1 Å². The van der Waals surface area contributed by atoms with Crippen LogP contribution in [0.1, 0.15) is 26.2 Å². The number of hydrogen-bond acceptors (Lipinski definition) is 4. The lowest BCUT2D eigenvalue weighted by Gasteiger charge is -2.31. The molecule has 0 atom stereocenters. The lowest BCUT2D eigenvalue weighted by Crippen LogP contribution is -2.34. The van der Waals surface area contributed by atoms with Gasteiger partial charge in [0.2, 0.25) is 10.0 Å². The number of aldehydes is 1. The monoisotopic (exact) mass is 310 g/mol. The van der Waals surface area contributed by atoms with E-state index in [4.69, 9.17) is 0 Å². The summed E-state index contributed by atoms with van der Waals surface area (Å²) < 4.78 is 26.6. The van der Waals surface area contributed by atoms with Crippen molar-refractivity contribution >= 4 is 22.0 Å². The van der Waals surface area contributed by atoms with Gasteiger partial charge in [-0.15, -0.1) is 0 Å². The van der Waals surface area contributed by atoms with E-state index in [-0.39, 0.29) is 5.92 Å². The molecule has 6 heteroatoms. The molecule has 21 heavy (non-hydrogen) atoms. The Hall–Kier alpha value is -1.40. The first-order valence-electron chi connectivity index (χ1n) is 7.37. The fourth-order valence-electron chi connectivity index (χ4n) is 2.45. The van der Waals surface area contributed by atoms with Gasteiger partial charge in [-0.25, -0.2) is 13.1 Å². The van der Waals surface area contributed by atoms with Gasteiger partial charge < -0.3 is 9.69 Å². The summed E-state index contributed by atoms with van der Waals surface area (Å²) in [5, 5.41) is 0. The Kier molecular flexibility index (Phi) is 5.36. The predicted octanol–water partition coefficient (Wildman–Crippen LogP) is 1.79. The van der Waals surface area contributed by atoms with E-state index in [0.717, 1.165) is 44.3 Å². The van der Waals surface area contributed by atoms with Crippen LogP contribution < -0.4 is 9.62 Å². The molecule has 0 spiro atoms. The van der Waals surface area contributed by atoms with E-state index in [9.17, 15) is 13.2 Å². The van der Waals surface area contributed by atoms with Crippen molar-refractivity contribution in [3.63, 3.8) is 0 Å². The Labute approximate surface area is 126 Å². The molecule has 1 heterocycles. The predicted molar refractivity (Wildman–Crippen MR) is 82.9 cm³/mol. The number of benzene rings is 1. The van der Waals surface area contributed by atoms with Crippen LogP contribution in [0.4, 0.5) is 5.69 Å². The summed E-state index contributed by atoms with van der Waals surface area (Å²) in [4.78, 5) is 13.2. The Morgan fingerprint density at radius 2 is 1.86 bits per heavy atom. The lowest BCUT2D eigenvalue weighted by atomic mass is 9.98. The molecule has 1 aromatic carbocycles. The van der Waals surface area contributed by atoms with Crippen LogP contribution in [0.25, 0.3) is 0 Å². The fraction of sp³-hybridized carbons (Fsp3) is 0.533. The minimum Gasteiger partial charge on any atom is -0.371 e. The van der Waals surface area contributed by atoms with Crippen molar-refractivity contribution in [1.29, 1.82) is 0 Å². The maximum Gasteiger partial charge on any atom is 0.240 e. The molecule has 1 aliphatic heterocycles. The highest BCUT2D eigenvalue weighted by Crippen LogP contribution is 2.23. The maximum atomic E-state index is 12.0. The highest BCUT2D eigenvalue weighted by Gasteiger charge is 2.19. The molecule has 0 amide bonds. The average molecular weight is 310 g/mol. The second-order valence-electron chi connectivity index (χ2n) is 5.35. The third kappa shape index (κ3) is 4.04. The number of hydrogen-bond donors (Lipinski definition) is 1. The van der Waals surface area contributed by atoms with Crippen LogP contribution in [0.5, 0.6) is 0 Å². The van der Waals surface area contributed by atoms with E-state index in [1.54, 1.807) is 12.1 Å². The zero-order valence-electron chi connectivity index (χ0n) is 12.3. The van der Waals surface area contributed by atoms with Crippen molar-refractivity contribution in [2.75, 3.05) is 24.5 Å². The summed E-state index contributed by atoms with van der Waals surface area (Å²) in [6.45, 7) is 4.05. The van der Waals surface area contributed by atoms with Crippen molar-refractivity contribution in [2.45, 2.75) is 31.1 Å². The van der Waals surface area contributed by atoms with Crippen LogP contribution in [0, 0.1) is 5.92 Å². The Balaban J connectivity index is 2.04. The largest absolute Gasteiger partial charge is 0.371 e. The topological polar surface area (TPSA) is 66.5 Å². The van der Waals surface area contributed by atoms with Crippen LogP contribution in [-0.4, -0.2) is 34.3 Å². The van der Waals surface area contributed by atoms with Crippen LogP contribution in [0.15, 0.2) is 29.2 Å². The number of carbonyl (C=O) groups is 1. The summed E-state index contributed by atoms with van der Waals surface area (Å²) >= 11 is 0. The summed E-state index contributed by atoms with van der Waals surface area (Å²) in [5.74, 6) is 0.166. The van der Waals surface area contributed by atoms with E-state index in [1.165, 1.54) is 0 Å². The molecule has 1 saturated heterocycles. The second-order valence-corrected chi connectivity index (χ2v) is 7.12. The molecular formula is C15H22N2O3S. The van der Waals surface area contributed by atoms with Crippen molar-refractivity contribution in [1.82, 2.24) is 4.72 Å². The van der Waals surface area contributed by atoms with Crippen LogP contribution >= 0.6 is 0 Å². The first-order valence-corrected chi connectivity index (χ1v) is 8.85. The number of piperidine rings is 1. The Morgan fingerprint density at radius 3 is 2.38 bits per heavy atom. The minimum absolute atomic E-state index is 0.166. The highest BCUT2D eigenvalue weighted by molar-refractivity contribution is 7.89. The van der Waals surface area contributed by atoms with Crippen molar-refractivity contribution in [2.24, 2.45) is 5.92 Å². The molecule has 0 unspecified atom stereocenters. The smallest absolute Gasteiger partial charge is 0.240 e. The number of nitrogens with one attached hydrogen (secondary N) is 1. The summed E-state index contributed by atoms with van der Waals surface area (Å²) in [6, 6.07) is 6.95. The molecule has 0 bridgehead atoms. The highest BCUT2D eigenvalue weighted by atomic mass is 32.2. The summed E-state index contributed by atoms with van der Waals surface area (Å²) in [5.41, 5.74) is 1.01. The van der Waals surface area contributed by atoms with E-state index in [0.29, 0.717) is 11.4 Å². The summed E-state index contributed by atoms with van der Waals surface area (Å²) in [6.07, 6.45) is 3.53. The molecule has 1 aromatic rings. The van der Waals surface area contributed by atoms with Gasteiger partial charge in [-0.05, 0) is 43.5 Å². The first kappa shape index (κ1) is 16.0. The van der Waals surface area contributed by atoms with Crippen LogP contribution in [-0.2, 0) is 14.8 Å². The Bertz CT molecular complexity index is 561. The first-order chi connectivity index (χ1) is 10.1. The molecule has 0 radical (unpaired) electrons. The van der Waals surface area contributed by atoms with Gasteiger partial charge in [0.15, 0.2) is 0 Å². The standard InChI is InChI=1S/C15H22N2O3S/c1-2-9-16-21(19,20)15-5-3-14(4-6-15)17-10-7-13(12-18)8-11-17/h3-6,12-13,16H,2,7-11H2,1H3. The average Bonchev–Trinajstić information content (AvgIpc) is 2.53. The van der Waals surface area contributed by atoms with Gasteiger partial charge in [-0.2, -0.15) is 0 Å². The molecule has 2 rings (SSSR count). The second kappa shape index (κ2) is 7.04. The quantitative estimate of drug-likeness (QED) is 0.814. The van der Waals surface area contributed by atoms with Gasteiger partial charge in [-0.1, -0.05) is 6.92 Å². The maximum absolute atomic E-state index is 12.0. The molecule has 0 aromatic heterocycles.